The highest BCUT2D eigenvalue weighted by molar-refractivity contribution is 6.16. The van der Waals surface area contributed by atoms with Crippen molar-refractivity contribution >= 4 is 65.8 Å². The molecule has 0 aliphatic heterocycles. The van der Waals surface area contributed by atoms with Crippen molar-refractivity contribution in [3.63, 3.8) is 0 Å². The second kappa shape index (κ2) is 14.0. The molecular formula is C57H33N3O3. The van der Waals surface area contributed by atoms with E-state index in [2.05, 4.69) is 115 Å². The van der Waals surface area contributed by atoms with Crippen LogP contribution >= 0.6 is 0 Å². The molecule has 294 valence electrons. The summed E-state index contributed by atoms with van der Waals surface area (Å²) in [6, 6.07) is 68.7. The van der Waals surface area contributed by atoms with Gasteiger partial charge < -0.3 is 13.3 Å². The summed E-state index contributed by atoms with van der Waals surface area (Å²) in [7, 11) is 0. The van der Waals surface area contributed by atoms with Gasteiger partial charge in [0.1, 0.15) is 33.5 Å². The Morgan fingerprint density at radius 1 is 0.254 bits per heavy atom. The van der Waals surface area contributed by atoms with Gasteiger partial charge in [-0.05, 0) is 52.6 Å². The minimum atomic E-state index is 0.548. The smallest absolute Gasteiger partial charge is 0.167 e. The largest absolute Gasteiger partial charge is 0.456 e. The normalized spacial score (nSPS) is 11.8. The van der Waals surface area contributed by atoms with E-state index in [1.165, 1.54) is 0 Å². The highest BCUT2D eigenvalue weighted by atomic mass is 16.3. The van der Waals surface area contributed by atoms with Crippen molar-refractivity contribution in [2.24, 2.45) is 0 Å². The van der Waals surface area contributed by atoms with E-state index in [0.717, 1.165) is 116 Å². The zero-order valence-electron chi connectivity index (χ0n) is 33.6. The molecular weight excluding hydrogens is 775 g/mol. The lowest BCUT2D eigenvalue weighted by Gasteiger charge is -2.14. The Bertz CT molecular complexity index is 3900. The third-order valence-corrected chi connectivity index (χ3v) is 12.2. The second-order valence-corrected chi connectivity index (χ2v) is 15.8. The lowest BCUT2D eigenvalue weighted by Crippen LogP contribution is -2.00. The molecule has 13 aromatic rings. The molecule has 0 N–H and O–H groups in total. The Balaban J connectivity index is 0.941. The lowest BCUT2D eigenvalue weighted by molar-refractivity contribution is 0.669. The third-order valence-electron chi connectivity index (χ3n) is 12.2. The molecule has 6 nitrogen and oxygen atoms in total. The fourth-order valence-corrected chi connectivity index (χ4v) is 9.21. The van der Waals surface area contributed by atoms with Crippen LogP contribution in [0.5, 0.6) is 0 Å². The minimum absolute atomic E-state index is 0.548. The van der Waals surface area contributed by atoms with E-state index in [0.29, 0.717) is 17.5 Å². The molecule has 0 amide bonds. The van der Waals surface area contributed by atoms with E-state index < -0.39 is 0 Å². The SMILES string of the molecule is c1ccc(-c2nc(-c3ccc(-c4ccc5oc6ccccc6c5c4-c4ccc(-c5cccc6c5oc5ccccc56)cc4)cc3)nc(-c3cccc4c3oc3ccccc34)n2)cc1. The van der Waals surface area contributed by atoms with Crippen molar-refractivity contribution in [2.45, 2.75) is 0 Å². The average Bonchev–Trinajstić information content (AvgIpc) is 4.06. The van der Waals surface area contributed by atoms with E-state index in [4.69, 9.17) is 28.2 Å². The highest BCUT2D eigenvalue weighted by Crippen LogP contribution is 2.44. The molecule has 6 heteroatoms. The quantitative estimate of drug-likeness (QED) is 0.166. The number of benzene rings is 9. The maximum Gasteiger partial charge on any atom is 0.167 e. The molecule has 0 atom stereocenters. The molecule has 0 saturated carbocycles. The summed E-state index contributed by atoms with van der Waals surface area (Å²) in [5.74, 6) is 1.71. The van der Waals surface area contributed by atoms with E-state index in [1.54, 1.807) is 0 Å². The maximum absolute atomic E-state index is 6.45. The summed E-state index contributed by atoms with van der Waals surface area (Å²) in [6.07, 6.45) is 0. The molecule has 4 aromatic heterocycles. The number of hydrogen-bond acceptors (Lipinski definition) is 6. The molecule has 0 spiro atoms. The van der Waals surface area contributed by atoms with Crippen LogP contribution in [-0.4, -0.2) is 15.0 Å². The van der Waals surface area contributed by atoms with E-state index in [9.17, 15) is 0 Å². The van der Waals surface area contributed by atoms with Crippen LogP contribution in [0.3, 0.4) is 0 Å². The van der Waals surface area contributed by atoms with Crippen LogP contribution in [0.2, 0.25) is 0 Å². The monoisotopic (exact) mass is 807 g/mol. The zero-order chi connectivity index (χ0) is 41.4. The van der Waals surface area contributed by atoms with Crippen LogP contribution in [0.15, 0.2) is 213 Å². The maximum atomic E-state index is 6.45. The minimum Gasteiger partial charge on any atom is -0.456 e. The highest BCUT2D eigenvalue weighted by Gasteiger charge is 2.21. The Kier molecular flexibility index (Phi) is 7.80. The van der Waals surface area contributed by atoms with Crippen LogP contribution in [-0.2, 0) is 0 Å². The molecule has 9 aromatic carbocycles. The number of hydrogen-bond donors (Lipinski definition) is 0. The number of furan rings is 3. The van der Waals surface area contributed by atoms with Crippen LogP contribution in [0.4, 0.5) is 0 Å². The number of fused-ring (bicyclic) bond motifs is 9. The van der Waals surface area contributed by atoms with Crippen molar-refractivity contribution in [3.8, 4) is 67.5 Å². The fraction of sp³-hybridized carbons (Fsp3) is 0. The van der Waals surface area contributed by atoms with Crippen molar-refractivity contribution in [1.82, 2.24) is 15.0 Å². The molecule has 0 unspecified atom stereocenters. The number of rotatable bonds is 6. The van der Waals surface area contributed by atoms with E-state index in [1.807, 2.05) is 84.9 Å². The molecule has 13 rings (SSSR count). The first-order valence-corrected chi connectivity index (χ1v) is 21.0. The van der Waals surface area contributed by atoms with Gasteiger partial charge in [0.15, 0.2) is 17.5 Å². The molecule has 4 heterocycles. The van der Waals surface area contributed by atoms with Gasteiger partial charge in [0, 0.05) is 54.6 Å². The first-order chi connectivity index (χ1) is 31.2. The van der Waals surface area contributed by atoms with Gasteiger partial charge in [0.05, 0.1) is 5.56 Å². The fourth-order valence-electron chi connectivity index (χ4n) is 9.21. The van der Waals surface area contributed by atoms with Crippen LogP contribution in [0, 0.1) is 0 Å². The summed E-state index contributed by atoms with van der Waals surface area (Å²) in [5, 5.41) is 6.46. The van der Waals surface area contributed by atoms with Gasteiger partial charge in [-0.15, -0.1) is 0 Å². The Morgan fingerprint density at radius 2 is 0.714 bits per heavy atom. The van der Waals surface area contributed by atoms with Crippen LogP contribution < -0.4 is 0 Å². The Hall–Kier alpha value is -8.61. The predicted molar refractivity (Wildman–Crippen MR) is 254 cm³/mol. The molecule has 0 saturated heterocycles. The molecule has 0 radical (unpaired) electrons. The van der Waals surface area contributed by atoms with Crippen molar-refractivity contribution in [1.29, 1.82) is 0 Å². The summed E-state index contributed by atoms with van der Waals surface area (Å²) < 4.78 is 19.3. The standard InChI is InChI=1S/C57H33N3O3/c1-2-12-37(13-3-1)55-58-56(60-57(59-55)46-20-11-19-44-42-15-5-8-22-48(42)63-54(44)46)38-30-26-34(27-31-38)39-32-33-50-52(45-16-6-9-23-49(45)61-50)51(39)36-28-24-35(25-29-36)40-17-10-18-43-41-14-4-7-21-47(41)62-53(40)43/h1-33H. The summed E-state index contributed by atoms with van der Waals surface area (Å²) in [5.41, 5.74) is 14.1. The summed E-state index contributed by atoms with van der Waals surface area (Å²) >= 11 is 0. The van der Waals surface area contributed by atoms with Gasteiger partial charge >= 0.3 is 0 Å². The van der Waals surface area contributed by atoms with Crippen molar-refractivity contribution in [2.75, 3.05) is 0 Å². The van der Waals surface area contributed by atoms with Crippen molar-refractivity contribution in [3.05, 3.63) is 200 Å². The van der Waals surface area contributed by atoms with Crippen molar-refractivity contribution < 1.29 is 13.3 Å². The Labute approximate surface area is 360 Å². The first kappa shape index (κ1) is 35.2. The molecule has 0 aliphatic carbocycles. The number of nitrogens with zero attached hydrogens (tertiary/aromatic N) is 3. The molecule has 0 bridgehead atoms. The van der Waals surface area contributed by atoms with E-state index >= 15 is 0 Å². The number of aromatic nitrogens is 3. The Morgan fingerprint density at radius 3 is 1.37 bits per heavy atom. The van der Waals surface area contributed by atoms with Gasteiger partial charge in [0.25, 0.3) is 0 Å². The lowest BCUT2D eigenvalue weighted by atomic mass is 9.89. The number of para-hydroxylation sites is 5. The second-order valence-electron chi connectivity index (χ2n) is 15.8. The summed E-state index contributed by atoms with van der Waals surface area (Å²) in [4.78, 5) is 15.2. The molecule has 63 heavy (non-hydrogen) atoms. The van der Waals surface area contributed by atoms with Gasteiger partial charge in [-0.2, -0.15) is 0 Å². The van der Waals surface area contributed by atoms with Crippen LogP contribution in [0.25, 0.3) is 133 Å². The average molecular weight is 808 g/mol. The predicted octanol–water partition coefficient (Wildman–Crippen LogP) is 15.6. The van der Waals surface area contributed by atoms with Gasteiger partial charge in [-0.3, -0.25) is 0 Å². The van der Waals surface area contributed by atoms with E-state index in [-0.39, 0.29) is 0 Å². The first-order valence-electron chi connectivity index (χ1n) is 21.0. The third kappa shape index (κ3) is 5.69. The molecule has 0 fully saturated rings. The van der Waals surface area contributed by atoms with Crippen LogP contribution in [0.1, 0.15) is 0 Å². The van der Waals surface area contributed by atoms with Gasteiger partial charge in [0.2, 0.25) is 0 Å². The van der Waals surface area contributed by atoms with Gasteiger partial charge in [-0.1, -0.05) is 170 Å². The summed E-state index contributed by atoms with van der Waals surface area (Å²) in [6.45, 7) is 0. The topological polar surface area (TPSA) is 78.1 Å². The molecule has 0 aliphatic rings. The van der Waals surface area contributed by atoms with Gasteiger partial charge in [-0.25, -0.2) is 15.0 Å². The zero-order valence-corrected chi connectivity index (χ0v) is 33.6.